The number of benzene rings is 1. The van der Waals surface area contributed by atoms with Gasteiger partial charge in [0.1, 0.15) is 18.0 Å². The Bertz CT molecular complexity index is 481. The second-order valence-electron chi connectivity index (χ2n) is 5.33. The molecule has 0 bridgehead atoms. The van der Waals surface area contributed by atoms with Crippen molar-refractivity contribution in [3.8, 4) is 5.75 Å². The molecular formula is C14H19BrClNO3. The summed E-state index contributed by atoms with van der Waals surface area (Å²) in [4.78, 5) is 11.0. The summed E-state index contributed by atoms with van der Waals surface area (Å²) < 4.78 is 11.7. The van der Waals surface area contributed by atoms with Gasteiger partial charge in [-0.3, -0.25) is 0 Å². The largest absolute Gasteiger partial charge is 0.488 e. The molecule has 4 nitrogen and oxygen atoms in total. The quantitative estimate of drug-likeness (QED) is 0.814. The number of hydrogen-bond acceptors (Lipinski definition) is 3. The zero-order valence-electron chi connectivity index (χ0n) is 11.8. The summed E-state index contributed by atoms with van der Waals surface area (Å²) in [7, 11) is 0. The molecule has 2 N–H and O–H groups in total. The van der Waals surface area contributed by atoms with Crippen LogP contribution < -0.4 is 10.5 Å². The highest BCUT2D eigenvalue weighted by molar-refractivity contribution is 9.10. The van der Waals surface area contributed by atoms with E-state index >= 15 is 0 Å². The molecule has 0 fully saturated rings. The van der Waals surface area contributed by atoms with Crippen LogP contribution in [0.25, 0.3) is 0 Å². The van der Waals surface area contributed by atoms with Crippen molar-refractivity contribution in [2.75, 3.05) is 6.61 Å². The van der Waals surface area contributed by atoms with E-state index in [1.165, 1.54) is 0 Å². The van der Waals surface area contributed by atoms with Crippen LogP contribution in [-0.2, 0) is 4.74 Å². The van der Waals surface area contributed by atoms with Crippen molar-refractivity contribution in [1.82, 2.24) is 0 Å². The molecule has 1 atom stereocenters. The molecule has 1 aromatic carbocycles. The Morgan fingerprint density at radius 2 is 2.15 bits per heavy atom. The van der Waals surface area contributed by atoms with Gasteiger partial charge in [0.2, 0.25) is 0 Å². The molecule has 1 aromatic rings. The second kappa shape index (κ2) is 7.18. The maximum Gasteiger partial charge on any atom is 0.405 e. The molecule has 0 aliphatic heterocycles. The van der Waals surface area contributed by atoms with Gasteiger partial charge in [0.05, 0.1) is 5.02 Å². The summed E-state index contributed by atoms with van der Waals surface area (Å²) in [5.41, 5.74) is 4.34. The number of nitrogens with two attached hydrogens (primary N) is 1. The Morgan fingerprint density at radius 1 is 1.50 bits per heavy atom. The van der Waals surface area contributed by atoms with E-state index in [0.29, 0.717) is 23.1 Å². The molecule has 0 heterocycles. The van der Waals surface area contributed by atoms with Gasteiger partial charge < -0.3 is 15.2 Å². The Hall–Kier alpha value is -0.940. The first kappa shape index (κ1) is 17.1. The van der Waals surface area contributed by atoms with Crippen LogP contribution in [0.1, 0.15) is 27.2 Å². The minimum absolute atomic E-state index is 0.190. The molecule has 0 spiro atoms. The molecule has 0 saturated heterocycles. The summed E-state index contributed by atoms with van der Waals surface area (Å²) in [5, 5.41) is 0.491. The second-order valence-corrected chi connectivity index (χ2v) is 6.66. The van der Waals surface area contributed by atoms with Gasteiger partial charge in [-0.1, -0.05) is 41.4 Å². The first-order valence-corrected chi connectivity index (χ1v) is 7.45. The fourth-order valence-electron chi connectivity index (χ4n) is 2.06. The lowest BCUT2D eigenvalue weighted by Crippen LogP contribution is -2.41. The van der Waals surface area contributed by atoms with Crippen molar-refractivity contribution in [2.24, 2.45) is 11.7 Å². The molecule has 20 heavy (non-hydrogen) atoms. The maximum atomic E-state index is 11.0. The van der Waals surface area contributed by atoms with Crippen LogP contribution in [0.2, 0.25) is 5.02 Å². The normalized spacial score (nSPS) is 13.9. The molecule has 0 aliphatic carbocycles. The van der Waals surface area contributed by atoms with Crippen LogP contribution in [0, 0.1) is 5.92 Å². The van der Waals surface area contributed by atoms with E-state index in [2.05, 4.69) is 15.9 Å². The van der Waals surface area contributed by atoms with Crippen molar-refractivity contribution < 1.29 is 14.3 Å². The van der Waals surface area contributed by atoms with Crippen molar-refractivity contribution in [2.45, 2.75) is 32.8 Å². The molecule has 6 heteroatoms. The predicted octanol–water partition coefficient (Wildman–Crippen LogP) is 4.38. The Kier molecular flexibility index (Phi) is 6.14. The van der Waals surface area contributed by atoms with Gasteiger partial charge in [-0.15, -0.1) is 0 Å². The minimum Gasteiger partial charge on any atom is -0.488 e. The van der Waals surface area contributed by atoms with Gasteiger partial charge in [-0.25, -0.2) is 4.79 Å². The van der Waals surface area contributed by atoms with E-state index in [1.807, 2.05) is 19.9 Å². The number of ether oxygens (including phenoxy) is 2. The van der Waals surface area contributed by atoms with E-state index in [1.54, 1.807) is 19.1 Å². The minimum atomic E-state index is -0.807. The number of hydrogen-bond donors (Lipinski definition) is 1. The standard InChI is InChI=1S/C14H19BrClNO3/c1-9(2)7-14(3,20-13(17)18)8-19-12-5-4-10(15)6-11(12)16/h4-6,9H,7-8H2,1-3H3,(H2,17,18)/t14-/m0/s1. The van der Waals surface area contributed by atoms with Gasteiger partial charge in [0.25, 0.3) is 0 Å². The zero-order chi connectivity index (χ0) is 15.3. The van der Waals surface area contributed by atoms with Crippen LogP contribution in [0.4, 0.5) is 4.79 Å². The van der Waals surface area contributed by atoms with Crippen molar-refractivity contribution in [1.29, 1.82) is 0 Å². The number of rotatable bonds is 6. The lowest BCUT2D eigenvalue weighted by molar-refractivity contribution is -0.0186. The van der Waals surface area contributed by atoms with Gasteiger partial charge in [-0.2, -0.15) is 0 Å². The average Bonchev–Trinajstić information content (AvgIpc) is 2.25. The topological polar surface area (TPSA) is 61.6 Å². The van der Waals surface area contributed by atoms with E-state index in [-0.39, 0.29) is 6.61 Å². The average molecular weight is 365 g/mol. The summed E-state index contributed by atoms with van der Waals surface area (Å²) in [5.74, 6) is 0.876. The first-order valence-electron chi connectivity index (χ1n) is 6.28. The Morgan fingerprint density at radius 3 is 2.65 bits per heavy atom. The molecular weight excluding hydrogens is 346 g/mol. The highest BCUT2D eigenvalue weighted by atomic mass is 79.9. The van der Waals surface area contributed by atoms with E-state index in [4.69, 9.17) is 26.8 Å². The SMILES string of the molecule is CC(C)C[C@@](C)(COc1ccc(Br)cc1Cl)OC(N)=O. The summed E-state index contributed by atoms with van der Waals surface area (Å²) in [6, 6.07) is 5.33. The van der Waals surface area contributed by atoms with Gasteiger partial charge in [-0.05, 0) is 37.5 Å². The Balaban J connectivity index is 2.77. The Labute approximate surface area is 132 Å². The molecule has 0 saturated carbocycles. The smallest absolute Gasteiger partial charge is 0.405 e. The highest BCUT2D eigenvalue weighted by Crippen LogP contribution is 2.30. The lowest BCUT2D eigenvalue weighted by atomic mass is 9.95. The molecule has 0 aliphatic rings. The monoisotopic (exact) mass is 363 g/mol. The van der Waals surface area contributed by atoms with E-state index in [0.717, 1.165) is 4.47 Å². The van der Waals surface area contributed by atoms with Crippen LogP contribution in [-0.4, -0.2) is 18.3 Å². The molecule has 1 rings (SSSR count). The molecule has 1 amide bonds. The third kappa shape index (κ3) is 5.59. The number of halogens is 2. The summed E-state index contributed by atoms with van der Waals surface area (Å²) in [6.45, 7) is 6.06. The predicted molar refractivity (Wildman–Crippen MR) is 83.2 cm³/mol. The van der Waals surface area contributed by atoms with Crippen molar-refractivity contribution in [3.05, 3.63) is 27.7 Å². The number of primary amides is 1. The molecule has 0 unspecified atom stereocenters. The van der Waals surface area contributed by atoms with Gasteiger partial charge >= 0.3 is 6.09 Å². The van der Waals surface area contributed by atoms with Crippen LogP contribution in [0.3, 0.4) is 0 Å². The summed E-state index contributed by atoms with van der Waals surface area (Å²) >= 11 is 9.41. The third-order valence-electron chi connectivity index (χ3n) is 2.61. The first-order chi connectivity index (χ1) is 9.22. The van der Waals surface area contributed by atoms with Crippen LogP contribution in [0.5, 0.6) is 5.75 Å². The van der Waals surface area contributed by atoms with Gasteiger partial charge in [0.15, 0.2) is 0 Å². The number of carbonyl (C=O) groups is 1. The zero-order valence-corrected chi connectivity index (χ0v) is 14.1. The lowest BCUT2D eigenvalue weighted by Gasteiger charge is -2.30. The van der Waals surface area contributed by atoms with Crippen molar-refractivity contribution >= 4 is 33.6 Å². The summed E-state index contributed by atoms with van der Waals surface area (Å²) in [6.07, 6.45) is -0.164. The van der Waals surface area contributed by atoms with Gasteiger partial charge in [0, 0.05) is 4.47 Å². The number of amides is 1. The fraction of sp³-hybridized carbons (Fsp3) is 0.500. The van der Waals surface area contributed by atoms with E-state index < -0.39 is 11.7 Å². The van der Waals surface area contributed by atoms with Crippen LogP contribution >= 0.6 is 27.5 Å². The molecule has 0 radical (unpaired) electrons. The fourth-order valence-corrected chi connectivity index (χ4v) is 2.79. The molecule has 0 aromatic heterocycles. The van der Waals surface area contributed by atoms with E-state index in [9.17, 15) is 4.79 Å². The highest BCUT2D eigenvalue weighted by Gasteiger charge is 2.30. The number of carbonyl (C=O) groups excluding carboxylic acids is 1. The van der Waals surface area contributed by atoms with Crippen LogP contribution in [0.15, 0.2) is 22.7 Å². The maximum absolute atomic E-state index is 11.0. The van der Waals surface area contributed by atoms with Crippen molar-refractivity contribution in [3.63, 3.8) is 0 Å². The molecule has 112 valence electrons. The third-order valence-corrected chi connectivity index (χ3v) is 3.40.